The molecule has 13 rings (SSSR count). The minimum Gasteiger partial charge on any atom is -0.309 e. The molecule has 6 heteroatoms. The van der Waals surface area contributed by atoms with Gasteiger partial charge in [0.2, 0.25) is 0 Å². The largest absolute Gasteiger partial charge is 0.417 e. The van der Waals surface area contributed by atoms with E-state index in [9.17, 15) is 5.26 Å². The second-order valence-electron chi connectivity index (χ2n) is 19.9. The molecule has 0 fully saturated rings. The smallest absolute Gasteiger partial charge is 0.309 e. The van der Waals surface area contributed by atoms with Gasteiger partial charge in [0.1, 0.15) is 0 Å². The molecular formula is C63H44F3N3. The maximum atomic E-state index is 15.4. The lowest BCUT2D eigenvalue weighted by molar-refractivity contribution is -0.137. The van der Waals surface area contributed by atoms with E-state index in [2.05, 4.69) is 152 Å². The molecule has 9 aromatic carbocycles. The Morgan fingerprint density at radius 3 is 1.59 bits per heavy atom. The standard InChI is InChI=1S/C63H44F3N3/c1-36-15-14-22-50(63(64,65)66)56(36)41-27-26-38(68-51-23-12-8-18-44(51)57-54(68)31-28-42-39-16-6-10-20-48(39)61(2,3)59(42)57)34-46(41)47-33-37(35-67)25-30-53(47)69-52-24-13-9-19-45(52)58-55(69)32-29-43-40-17-7-11-21-49(40)62(4,5)60(43)58/h6-34H,1-5H3. The molecule has 2 aliphatic rings. The molecule has 0 N–H and O–H groups in total. The van der Waals surface area contributed by atoms with Crippen molar-refractivity contribution in [2.45, 2.75) is 51.6 Å². The molecule has 332 valence electrons. The Hall–Kier alpha value is -8.14. The fourth-order valence-electron chi connectivity index (χ4n) is 12.6. The van der Waals surface area contributed by atoms with E-state index in [0.717, 1.165) is 55.0 Å². The molecule has 2 aliphatic carbocycles. The number of nitriles is 1. The number of alkyl halides is 3. The van der Waals surface area contributed by atoms with Crippen molar-refractivity contribution >= 4 is 43.6 Å². The fourth-order valence-corrected chi connectivity index (χ4v) is 12.6. The Morgan fingerprint density at radius 2 is 1.00 bits per heavy atom. The van der Waals surface area contributed by atoms with Crippen molar-refractivity contribution < 1.29 is 13.2 Å². The van der Waals surface area contributed by atoms with E-state index < -0.39 is 11.7 Å². The minimum atomic E-state index is -4.64. The van der Waals surface area contributed by atoms with E-state index in [1.54, 1.807) is 13.0 Å². The van der Waals surface area contributed by atoms with Crippen molar-refractivity contribution in [1.82, 2.24) is 9.13 Å². The van der Waals surface area contributed by atoms with Crippen LogP contribution < -0.4 is 0 Å². The van der Waals surface area contributed by atoms with E-state index in [-0.39, 0.29) is 16.4 Å². The number of benzene rings is 9. The van der Waals surface area contributed by atoms with Crippen LogP contribution in [-0.4, -0.2) is 9.13 Å². The number of hydrogen-bond acceptors (Lipinski definition) is 1. The number of rotatable bonds is 4. The Balaban J connectivity index is 1.14. The average molecular weight is 900 g/mol. The number of fused-ring (bicyclic) bond motifs is 14. The molecule has 2 aromatic heterocycles. The summed E-state index contributed by atoms with van der Waals surface area (Å²) in [6.45, 7) is 10.9. The highest BCUT2D eigenvalue weighted by molar-refractivity contribution is 6.16. The van der Waals surface area contributed by atoms with Gasteiger partial charge in [-0.2, -0.15) is 18.4 Å². The number of nitrogens with zero attached hydrogens (tertiary/aromatic N) is 3. The zero-order valence-electron chi connectivity index (χ0n) is 38.7. The van der Waals surface area contributed by atoms with Crippen LogP contribution in [-0.2, 0) is 17.0 Å². The summed E-state index contributed by atoms with van der Waals surface area (Å²) in [5.41, 5.74) is 16.8. The minimum absolute atomic E-state index is 0.110. The summed E-state index contributed by atoms with van der Waals surface area (Å²) in [7, 11) is 0. The second kappa shape index (κ2) is 14.2. The highest BCUT2D eigenvalue weighted by Crippen LogP contribution is 2.56. The van der Waals surface area contributed by atoms with Crippen LogP contribution in [0.3, 0.4) is 0 Å². The van der Waals surface area contributed by atoms with Gasteiger partial charge >= 0.3 is 6.18 Å². The molecule has 0 bridgehead atoms. The molecule has 3 nitrogen and oxygen atoms in total. The maximum absolute atomic E-state index is 15.4. The second-order valence-corrected chi connectivity index (χ2v) is 19.9. The molecule has 69 heavy (non-hydrogen) atoms. The predicted molar refractivity (Wildman–Crippen MR) is 276 cm³/mol. The van der Waals surface area contributed by atoms with Crippen LogP contribution in [0.5, 0.6) is 0 Å². The van der Waals surface area contributed by atoms with E-state index in [4.69, 9.17) is 0 Å². The predicted octanol–water partition coefficient (Wildman–Crippen LogP) is 17.0. The number of hydrogen-bond donors (Lipinski definition) is 0. The highest BCUT2D eigenvalue weighted by Gasteiger charge is 2.40. The van der Waals surface area contributed by atoms with Crippen molar-refractivity contribution in [2.24, 2.45) is 0 Å². The molecule has 0 saturated carbocycles. The maximum Gasteiger partial charge on any atom is 0.417 e. The van der Waals surface area contributed by atoms with Gasteiger partial charge in [-0.1, -0.05) is 143 Å². The summed E-state index contributed by atoms with van der Waals surface area (Å²) < 4.78 is 50.6. The molecule has 0 radical (unpaired) electrons. The number of para-hydroxylation sites is 2. The lowest BCUT2D eigenvalue weighted by atomic mass is 9.80. The Kier molecular flexibility index (Phi) is 8.45. The molecule has 0 aliphatic heterocycles. The van der Waals surface area contributed by atoms with E-state index in [0.29, 0.717) is 27.8 Å². The Morgan fingerprint density at radius 1 is 0.464 bits per heavy atom. The van der Waals surface area contributed by atoms with Crippen molar-refractivity contribution in [2.75, 3.05) is 0 Å². The van der Waals surface area contributed by atoms with Crippen molar-refractivity contribution in [1.29, 1.82) is 5.26 Å². The third-order valence-electron chi connectivity index (χ3n) is 15.5. The molecule has 0 atom stereocenters. The van der Waals surface area contributed by atoms with Gasteiger partial charge in [0, 0.05) is 43.6 Å². The van der Waals surface area contributed by atoms with Gasteiger partial charge in [0.25, 0.3) is 0 Å². The zero-order chi connectivity index (χ0) is 47.3. The van der Waals surface area contributed by atoms with Crippen LogP contribution >= 0.6 is 0 Å². The third kappa shape index (κ3) is 5.56. The molecule has 0 amide bonds. The first-order valence-corrected chi connectivity index (χ1v) is 23.5. The summed E-state index contributed by atoms with van der Waals surface area (Å²) in [6.07, 6.45) is -4.64. The van der Waals surface area contributed by atoms with Gasteiger partial charge < -0.3 is 9.13 Å². The SMILES string of the molecule is Cc1cccc(C(F)(F)F)c1-c1ccc(-n2c3ccccc3c3c4c(ccc32)-c2ccccc2C4(C)C)cc1-c1cc(C#N)ccc1-n1c2ccccc2c2c3c(ccc21)-c1ccccc1C3(C)C. The first kappa shape index (κ1) is 41.1. The summed E-state index contributed by atoms with van der Waals surface area (Å²) in [5, 5.41) is 15.1. The summed E-state index contributed by atoms with van der Waals surface area (Å²) in [6, 6.07) is 61.2. The lowest BCUT2D eigenvalue weighted by Crippen LogP contribution is -2.15. The van der Waals surface area contributed by atoms with Crippen LogP contribution in [0.4, 0.5) is 13.2 Å². The van der Waals surface area contributed by atoms with Gasteiger partial charge in [0.15, 0.2) is 0 Å². The fraction of sp³-hybridized carbons (Fsp3) is 0.127. The first-order chi connectivity index (χ1) is 33.3. The molecule has 0 saturated heterocycles. The molecule has 0 spiro atoms. The topological polar surface area (TPSA) is 33.6 Å². The van der Waals surface area contributed by atoms with Gasteiger partial charge in [-0.3, -0.25) is 0 Å². The quantitative estimate of drug-likeness (QED) is 0.173. The van der Waals surface area contributed by atoms with Crippen LogP contribution in [0, 0.1) is 18.3 Å². The van der Waals surface area contributed by atoms with Crippen molar-refractivity contribution in [3.05, 3.63) is 215 Å². The number of halogens is 3. The van der Waals surface area contributed by atoms with Gasteiger partial charge in [0.05, 0.1) is 45.0 Å². The molecule has 0 unspecified atom stereocenters. The van der Waals surface area contributed by atoms with Crippen molar-refractivity contribution in [3.8, 4) is 62.0 Å². The van der Waals surface area contributed by atoms with E-state index in [1.807, 2.05) is 48.5 Å². The summed E-state index contributed by atoms with van der Waals surface area (Å²) >= 11 is 0. The monoisotopic (exact) mass is 899 g/mol. The van der Waals surface area contributed by atoms with Crippen LogP contribution in [0.15, 0.2) is 176 Å². The molecular weight excluding hydrogens is 856 g/mol. The highest BCUT2D eigenvalue weighted by atomic mass is 19.4. The molecule has 11 aromatic rings. The lowest BCUT2D eigenvalue weighted by Gasteiger charge is -2.23. The van der Waals surface area contributed by atoms with Crippen LogP contribution in [0.1, 0.15) is 66.6 Å². The Bertz CT molecular complexity index is 4090. The van der Waals surface area contributed by atoms with Crippen LogP contribution in [0.2, 0.25) is 0 Å². The third-order valence-corrected chi connectivity index (χ3v) is 15.5. The van der Waals surface area contributed by atoms with Gasteiger partial charge in [-0.25, -0.2) is 0 Å². The normalized spacial score (nSPS) is 14.3. The number of aryl methyl sites for hydroxylation is 1. The van der Waals surface area contributed by atoms with E-state index in [1.165, 1.54) is 56.6 Å². The van der Waals surface area contributed by atoms with Gasteiger partial charge in [-0.05, 0) is 134 Å². The Labute approximate surface area is 398 Å². The van der Waals surface area contributed by atoms with E-state index >= 15 is 13.2 Å². The van der Waals surface area contributed by atoms with Gasteiger partial charge in [-0.15, -0.1) is 0 Å². The number of aromatic nitrogens is 2. The van der Waals surface area contributed by atoms with Crippen molar-refractivity contribution in [3.63, 3.8) is 0 Å². The summed E-state index contributed by atoms with van der Waals surface area (Å²) in [5.74, 6) is 0. The zero-order valence-corrected chi connectivity index (χ0v) is 38.7. The first-order valence-electron chi connectivity index (χ1n) is 23.5. The average Bonchev–Trinajstić information content (AvgIpc) is 4.02. The summed E-state index contributed by atoms with van der Waals surface area (Å²) in [4.78, 5) is 0. The molecule has 2 heterocycles. The van der Waals surface area contributed by atoms with Crippen LogP contribution in [0.25, 0.3) is 99.5 Å².